The zero-order valence-corrected chi connectivity index (χ0v) is 18.7. The van der Waals surface area contributed by atoms with E-state index in [1.807, 2.05) is 44.2 Å². The Hall–Kier alpha value is -4.07. The number of hydrogen-bond donors (Lipinski definition) is 1. The van der Waals surface area contributed by atoms with Crippen LogP contribution in [0.3, 0.4) is 0 Å². The second-order valence-corrected chi connectivity index (χ2v) is 6.21. The molecule has 0 spiro atoms. The minimum atomic E-state index is 0.351. The van der Waals surface area contributed by atoms with Gasteiger partial charge in [0, 0.05) is 29.4 Å². The quantitative estimate of drug-likeness (QED) is 0.401. The Bertz CT molecular complexity index is 1150. The summed E-state index contributed by atoms with van der Waals surface area (Å²) in [5, 5.41) is 4.08. The molecule has 0 atom stereocenters. The van der Waals surface area contributed by atoms with Crippen molar-refractivity contribution in [3.63, 3.8) is 0 Å². The van der Waals surface area contributed by atoms with Gasteiger partial charge in [-0.3, -0.25) is 9.97 Å². The summed E-state index contributed by atoms with van der Waals surface area (Å²) in [6, 6.07) is 13.1. The number of nitrogens with one attached hydrogen (secondary N) is 1. The van der Waals surface area contributed by atoms with Gasteiger partial charge in [-0.2, -0.15) is 4.98 Å². The number of benzene rings is 2. The Kier molecular flexibility index (Phi) is 7.64. The van der Waals surface area contributed by atoms with Crippen molar-refractivity contribution in [1.29, 1.82) is 0 Å². The minimum absolute atomic E-state index is 0.351. The minimum Gasteiger partial charge on any atom is -0.493 e. The van der Waals surface area contributed by atoms with Crippen LogP contribution >= 0.6 is 0 Å². The van der Waals surface area contributed by atoms with E-state index in [1.165, 1.54) is 0 Å². The molecule has 2 aromatic carbocycles. The van der Waals surface area contributed by atoms with Crippen molar-refractivity contribution < 1.29 is 18.9 Å². The second-order valence-electron chi connectivity index (χ2n) is 6.21. The van der Waals surface area contributed by atoms with Gasteiger partial charge in [0.15, 0.2) is 17.3 Å². The van der Waals surface area contributed by atoms with Crippen LogP contribution in [-0.2, 0) is 0 Å². The molecule has 0 aliphatic heterocycles. The van der Waals surface area contributed by atoms with Gasteiger partial charge in [-0.05, 0) is 24.3 Å². The molecule has 2 aromatic heterocycles. The first-order chi connectivity index (χ1) is 15.7. The maximum Gasteiger partial charge on any atom is 0.239 e. The Labute approximate surface area is 187 Å². The number of methoxy groups -OCH3 is 3. The zero-order valence-electron chi connectivity index (χ0n) is 18.7. The molecule has 166 valence electrons. The van der Waals surface area contributed by atoms with E-state index in [1.54, 1.807) is 52.1 Å². The maximum absolute atomic E-state index is 5.97. The van der Waals surface area contributed by atoms with Crippen molar-refractivity contribution in [2.24, 2.45) is 0 Å². The number of fused-ring (bicyclic) bond motifs is 1. The first kappa shape index (κ1) is 22.6. The SMILES string of the molecule is CC.COc1cc(Nc2cncc(Oc3cccc4ncccc34)n2)cc(OC)c1OC. The first-order valence-corrected chi connectivity index (χ1v) is 10.1. The highest BCUT2D eigenvalue weighted by Crippen LogP contribution is 2.40. The van der Waals surface area contributed by atoms with Crippen LogP contribution in [0.1, 0.15) is 13.8 Å². The lowest BCUT2D eigenvalue weighted by Gasteiger charge is -2.15. The summed E-state index contributed by atoms with van der Waals surface area (Å²) in [4.78, 5) is 13.1. The van der Waals surface area contributed by atoms with E-state index >= 15 is 0 Å². The maximum atomic E-state index is 5.97. The van der Waals surface area contributed by atoms with E-state index in [0.717, 1.165) is 10.9 Å². The molecule has 0 aliphatic carbocycles. The Morgan fingerprint density at radius 2 is 1.56 bits per heavy atom. The van der Waals surface area contributed by atoms with Crippen LogP contribution in [0.25, 0.3) is 10.9 Å². The molecule has 4 rings (SSSR count). The molecule has 0 radical (unpaired) electrons. The molecule has 8 nitrogen and oxygen atoms in total. The van der Waals surface area contributed by atoms with Gasteiger partial charge in [-0.25, -0.2) is 0 Å². The molecule has 0 bridgehead atoms. The number of ether oxygens (including phenoxy) is 4. The van der Waals surface area contributed by atoms with Gasteiger partial charge in [-0.1, -0.05) is 19.9 Å². The molecule has 0 saturated heterocycles. The smallest absolute Gasteiger partial charge is 0.239 e. The number of anilines is 2. The second kappa shape index (κ2) is 10.8. The van der Waals surface area contributed by atoms with Gasteiger partial charge in [0.05, 0.1) is 39.2 Å². The van der Waals surface area contributed by atoms with Crippen molar-refractivity contribution in [3.05, 3.63) is 61.1 Å². The van der Waals surface area contributed by atoms with Crippen LogP contribution in [0.5, 0.6) is 28.9 Å². The predicted octanol–water partition coefficient (Wildman–Crippen LogP) is 5.61. The monoisotopic (exact) mass is 434 g/mol. The van der Waals surface area contributed by atoms with Crippen LogP contribution in [0.2, 0.25) is 0 Å². The summed E-state index contributed by atoms with van der Waals surface area (Å²) in [5.74, 6) is 3.08. The number of pyridine rings is 1. The van der Waals surface area contributed by atoms with Crippen molar-refractivity contribution in [3.8, 4) is 28.9 Å². The largest absolute Gasteiger partial charge is 0.493 e. The van der Waals surface area contributed by atoms with E-state index in [4.69, 9.17) is 18.9 Å². The summed E-state index contributed by atoms with van der Waals surface area (Å²) in [5.41, 5.74) is 1.54. The number of hydrogen-bond acceptors (Lipinski definition) is 8. The van der Waals surface area contributed by atoms with Crippen LogP contribution in [-0.4, -0.2) is 36.3 Å². The summed E-state index contributed by atoms with van der Waals surface area (Å²) in [7, 11) is 4.69. The Morgan fingerprint density at radius 3 is 2.25 bits per heavy atom. The third-order valence-electron chi connectivity index (χ3n) is 4.37. The fraction of sp³-hybridized carbons (Fsp3) is 0.208. The molecule has 1 N–H and O–H groups in total. The van der Waals surface area contributed by atoms with Gasteiger partial charge in [0.1, 0.15) is 5.75 Å². The zero-order chi connectivity index (χ0) is 22.9. The van der Waals surface area contributed by atoms with Crippen molar-refractivity contribution >= 4 is 22.4 Å². The summed E-state index contributed by atoms with van der Waals surface area (Å²) < 4.78 is 22.1. The molecule has 2 heterocycles. The fourth-order valence-corrected chi connectivity index (χ4v) is 3.04. The first-order valence-electron chi connectivity index (χ1n) is 10.1. The fourth-order valence-electron chi connectivity index (χ4n) is 3.04. The molecular formula is C24H26N4O4. The summed E-state index contributed by atoms with van der Waals surface area (Å²) in [6.45, 7) is 4.00. The number of aromatic nitrogens is 3. The average molecular weight is 434 g/mol. The van der Waals surface area contributed by atoms with Gasteiger partial charge in [-0.15, -0.1) is 0 Å². The van der Waals surface area contributed by atoms with E-state index in [2.05, 4.69) is 20.3 Å². The van der Waals surface area contributed by atoms with E-state index < -0.39 is 0 Å². The third-order valence-corrected chi connectivity index (χ3v) is 4.37. The molecule has 0 saturated carbocycles. The highest BCUT2D eigenvalue weighted by molar-refractivity contribution is 5.85. The van der Waals surface area contributed by atoms with Gasteiger partial charge in [0.2, 0.25) is 11.6 Å². The predicted molar refractivity (Wildman–Crippen MR) is 125 cm³/mol. The topological polar surface area (TPSA) is 87.6 Å². The third kappa shape index (κ3) is 4.97. The molecular weight excluding hydrogens is 408 g/mol. The normalized spacial score (nSPS) is 10.0. The van der Waals surface area contributed by atoms with Crippen molar-refractivity contribution in [2.75, 3.05) is 26.6 Å². The van der Waals surface area contributed by atoms with Crippen LogP contribution < -0.4 is 24.3 Å². The molecule has 0 amide bonds. The van der Waals surface area contributed by atoms with E-state index in [9.17, 15) is 0 Å². The van der Waals surface area contributed by atoms with Gasteiger partial charge >= 0.3 is 0 Å². The van der Waals surface area contributed by atoms with Gasteiger partial charge < -0.3 is 24.3 Å². The van der Waals surface area contributed by atoms with E-state index in [0.29, 0.717) is 40.4 Å². The molecule has 4 aromatic rings. The lowest BCUT2D eigenvalue weighted by atomic mass is 10.2. The molecule has 0 unspecified atom stereocenters. The van der Waals surface area contributed by atoms with Crippen LogP contribution in [0.4, 0.5) is 11.5 Å². The molecule has 32 heavy (non-hydrogen) atoms. The summed E-state index contributed by atoms with van der Waals surface area (Å²) in [6.07, 6.45) is 4.89. The van der Waals surface area contributed by atoms with Gasteiger partial charge in [0.25, 0.3) is 0 Å². The standard InChI is InChI=1S/C22H20N4O4.C2H6/c1-27-18-10-14(11-19(28-2)22(18)29-3)25-20-12-23-13-21(26-20)30-17-8-4-7-16-15(17)6-5-9-24-16;1-2/h4-13H,1-3H3,(H,25,26);1-2H3. The highest BCUT2D eigenvalue weighted by atomic mass is 16.5. The van der Waals surface area contributed by atoms with Crippen molar-refractivity contribution in [1.82, 2.24) is 15.0 Å². The average Bonchev–Trinajstić information content (AvgIpc) is 2.85. The van der Waals surface area contributed by atoms with Crippen molar-refractivity contribution in [2.45, 2.75) is 13.8 Å². The number of nitrogens with zero attached hydrogens (tertiary/aromatic N) is 3. The molecule has 0 fully saturated rings. The number of rotatable bonds is 7. The molecule has 0 aliphatic rings. The highest BCUT2D eigenvalue weighted by Gasteiger charge is 2.14. The molecule has 8 heteroatoms. The van der Waals surface area contributed by atoms with Crippen LogP contribution in [0, 0.1) is 0 Å². The lowest BCUT2D eigenvalue weighted by Crippen LogP contribution is -2.00. The van der Waals surface area contributed by atoms with Crippen LogP contribution in [0.15, 0.2) is 61.1 Å². The summed E-state index contributed by atoms with van der Waals surface area (Å²) >= 11 is 0. The Balaban J connectivity index is 0.00000141. The Morgan fingerprint density at radius 1 is 0.812 bits per heavy atom. The van der Waals surface area contributed by atoms with E-state index in [-0.39, 0.29) is 0 Å². The lowest BCUT2D eigenvalue weighted by molar-refractivity contribution is 0.324.